The van der Waals surface area contributed by atoms with Crippen molar-refractivity contribution in [1.82, 2.24) is 25.3 Å². The minimum atomic E-state index is -0.190. The molecule has 2 heterocycles. The number of hydrogen-bond acceptors (Lipinski definition) is 7. The molecule has 0 unspecified atom stereocenters. The van der Waals surface area contributed by atoms with Crippen molar-refractivity contribution in [1.29, 1.82) is 0 Å². The summed E-state index contributed by atoms with van der Waals surface area (Å²) in [7, 11) is 0. The Morgan fingerprint density at radius 1 is 0.780 bits per heavy atom. The molecule has 8 nitrogen and oxygen atoms in total. The van der Waals surface area contributed by atoms with Gasteiger partial charge in [-0.1, -0.05) is 77.4 Å². The molecular formula is C30H31Cl2N7OS. The highest BCUT2D eigenvalue weighted by Crippen LogP contribution is 2.29. The van der Waals surface area contributed by atoms with Gasteiger partial charge in [-0.25, -0.2) is 4.79 Å². The van der Waals surface area contributed by atoms with Gasteiger partial charge in [-0.15, -0.1) is 20.4 Å². The number of amides is 2. The fraction of sp³-hybridized carbons (Fsp3) is 0.267. The van der Waals surface area contributed by atoms with Crippen LogP contribution in [0.5, 0.6) is 0 Å². The first-order valence-electron chi connectivity index (χ1n) is 13.0. The molecule has 0 saturated carbocycles. The van der Waals surface area contributed by atoms with Gasteiger partial charge in [-0.3, -0.25) is 14.8 Å². The number of aliphatic imine (C=N–C) groups is 1. The molecule has 0 spiro atoms. The van der Waals surface area contributed by atoms with Crippen molar-refractivity contribution < 1.29 is 4.79 Å². The van der Waals surface area contributed by atoms with Gasteiger partial charge in [0.2, 0.25) is 11.6 Å². The lowest BCUT2D eigenvalue weighted by Crippen LogP contribution is -2.53. The summed E-state index contributed by atoms with van der Waals surface area (Å²) >= 11 is 13.8. The second kappa shape index (κ2) is 13.4. The minimum Gasteiger partial charge on any atom is -0.284 e. The van der Waals surface area contributed by atoms with Crippen LogP contribution in [0, 0.1) is 0 Å². The van der Waals surface area contributed by atoms with E-state index in [4.69, 9.17) is 28.2 Å². The van der Waals surface area contributed by atoms with E-state index in [1.165, 1.54) is 0 Å². The van der Waals surface area contributed by atoms with Crippen LogP contribution in [0.2, 0.25) is 10.0 Å². The van der Waals surface area contributed by atoms with Crippen LogP contribution in [0.3, 0.4) is 0 Å². The molecule has 0 radical (unpaired) electrons. The lowest BCUT2D eigenvalue weighted by molar-refractivity contribution is 0.220. The molecule has 1 aromatic heterocycles. The number of hydrogen-bond donors (Lipinski definition) is 0. The van der Waals surface area contributed by atoms with Crippen LogP contribution in [0.15, 0.2) is 83.9 Å². The molecule has 0 aliphatic carbocycles. The highest BCUT2D eigenvalue weighted by atomic mass is 35.5. The highest BCUT2D eigenvalue weighted by Gasteiger charge is 2.34. The molecule has 4 aromatic rings. The van der Waals surface area contributed by atoms with Gasteiger partial charge in [0.25, 0.3) is 0 Å². The zero-order valence-electron chi connectivity index (χ0n) is 23.5. The normalized spacial score (nSPS) is 14.7. The molecule has 5 rings (SSSR count). The number of benzene rings is 3. The van der Waals surface area contributed by atoms with E-state index in [2.05, 4.69) is 20.4 Å². The number of carbonyl (C=O) groups excluding carboxylic acids is 1. The predicted octanol–water partition coefficient (Wildman–Crippen LogP) is 8.09. The van der Waals surface area contributed by atoms with Gasteiger partial charge >= 0.3 is 6.03 Å². The first-order valence-corrected chi connectivity index (χ1v) is 14.7. The van der Waals surface area contributed by atoms with E-state index in [9.17, 15) is 4.79 Å². The molecule has 2 amide bonds. The van der Waals surface area contributed by atoms with E-state index in [1.54, 1.807) is 33.7 Å². The molecule has 1 aliphatic rings. The van der Waals surface area contributed by atoms with Crippen molar-refractivity contribution in [2.75, 3.05) is 10.8 Å². The quantitative estimate of drug-likeness (QED) is 0.233. The molecule has 1 saturated heterocycles. The monoisotopic (exact) mass is 607 g/mol. The third-order valence-electron chi connectivity index (χ3n) is 5.69. The van der Waals surface area contributed by atoms with Gasteiger partial charge in [0.1, 0.15) is 0 Å². The number of para-hydroxylation sites is 1. The van der Waals surface area contributed by atoms with Gasteiger partial charge in [-0.2, -0.15) is 0 Å². The van der Waals surface area contributed by atoms with E-state index in [0.29, 0.717) is 38.7 Å². The second-order valence-electron chi connectivity index (χ2n) is 10.4. The van der Waals surface area contributed by atoms with E-state index in [-0.39, 0.29) is 17.6 Å². The minimum absolute atomic E-state index is 0.00190. The zero-order valence-corrected chi connectivity index (χ0v) is 25.8. The first kappa shape index (κ1) is 30.4. The molecule has 1 fully saturated rings. The predicted molar refractivity (Wildman–Crippen MR) is 169 cm³/mol. The summed E-state index contributed by atoms with van der Waals surface area (Å²) in [6, 6.07) is 24.4. The number of amidine groups is 1. The Bertz CT molecular complexity index is 1450. The number of urea groups is 1. The maximum absolute atomic E-state index is 12.8. The highest BCUT2D eigenvalue weighted by molar-refractivity contribution is 8.14. The summed E-state index contributed by atoms with van der Waals surface area (Å²) in [5.41, 5.74) is 2.13. The summed E-state index contributed by atoms with van der Waals surface area (Å²) in [6.07, 6.45) is 0. The molecule has 1 aliphatic heterocycles. The average Bonchev–Trinajstić information content (AvgIpc) is 2.94. The van der Waals surface area contributed by atoms with Crippen LogP contribution in [-0.2, 0) is 0 Å². The molecule has 11 heteroatoms. The number of rotatable bonds is 4. The maximum atomic E-state index is 12.8. The summed E-state index contributed by atoms with van der Waals surface area (Å²) in [5, 5.41) is 18.2. The molecular weight excluding hydrogens is 577 g/mol. The smallest absolute Gasteiger partial charge is 0.284 e. The number of halogens is 2. The molecule has 0 bridgehead atoms. The van der Waals surface area contributed by atoms with Gasteiger partial charge in [0, 0.05) is 22.9 Å². The van der Waals surface area contributed by atoms with Crippen LogP contribution in [0.1, 0.15) is 34.6 Å². The van der Waals surface area contributed by atoms with E-state index in [0.717, 1.165) is 10.9 Å². The average molecular weight is 609 g/mol. The lowest BCUT2D eigenvalue weighted by Gasteiger charge is -2.38. The zero-order chi connectivity index (χ0) is 29.6. The lowest BCUT2D eigenvalue weighted by atomic mass is 10.1. The molecule has 0 N–H and O–H groups in total. The van der Waals surface area contributed by atoms with Crippen molar-refractivity contribution in [2.24, 2.45) is 4.99 Å². The van der Waals surface area contributed by atoms with Crippen molar-refractivity contribution in [2.45, 2.75) is 46.2 Å². The number of anilines is 1. The van der Waals surface area contributed by atoms with Gasteiger partial charge in [0.15, 0.2) is 5.17 Å². The van der Waals surface area contributed by atoms with Crippen LogP contribution in [-0.4, -0.2) is 54.0 Å². The Morgan fingerprint density at radius 2 is 1.24 bits per heavy atom. The first-order chi connectivity index (χ1) is 19.5. The van der Waals surface area contributed by atoms with Crippen molar-refractivity contribution in [3.05, 3.63) is 88.9 Å². The van der Waals surface area contributed by atoms with Crippen molar-refractivity contribution >= 4 is 51.8 Å². The van der Waals surface area contributed by atoms with Gasteiger partial charge in [0.05, 0.1) is 21.5 Å². The van der Waals surface area contributed by atoms with Crippen LogP contribution in [0.4, 0.5) is 10.5 Å². The van der Waals surface area contributed by atoms with Gasteiger partial charge < -0.3 is 0 Å². The number of thioether (sulfide) groups is 1. The summed E-state index contributed by atoms with van der Waals surface area (Å²) in [6.45, 7) is 10.2. The Labute approximate surface area is 254 Å². The molecule has 3 aromatic carbocycles. The molecule has 212 valence electrons. The molecule has 0 atom stereocenters. The van der Waals surface area contributed by atoms with Crippen LogP contribution >= 0.6 is 35.0 Å². The number of aromatic nitrogens is 4. The third kappa shape index (κ3) is 7.81. The summed E-state index contributed by atoms with van der Waals surface area (Å²) in [5.74, 6) is 1.36. The van der Waals surface area contributed by atoms with E-state index >= 15 is 0 Å². The second-order valence-corrected chi connectivity index (χ2v) is 12.1. The Hall–Kier alpha value is -3.53. The number of carbonyl (C=O) groups is 1. The van der Waals surface area contributed by atoms with Gasteiger partial charge in [-0.05, 0) is 71.0 Å². The van der Waals surface area contributed by atoms with Crippen LogP contribution in [0.25, 0.3) is 22.8 Å². The molecule has 41 heavy (non-hydrogen) atoms. The third-order valence-corrected chi connectivity index (χ3v) is 7.28. The summed E-state index contributed by atoms with van der Waals surface area (Å²) in [4.78, 5) is 21.1. The maximum Gasteiger partial charge on any atom is 0.331 e. The number of nitrogens with zero attached hydrogens (tertiary/aromatic N) is 7. The Kier molecular flexibility index (Phi) is 9.96. The Morgan fingerprint density at radius 3 is 1.68 bits per heavy atom. The van der Waals surface area contributed by atoms with Crippen molar-refractivity contribution in [3.63, 3.8) is 0 Å². The fourth-order valence-electron chi connectivity index (χ4n) is 3.80. The fourth-order valence-corrected chi connectivity index (χ4v) is 5.51. The largest absolute Gasteiger partial charge is 0.331 e. The van der Waals surface area contributed by atoms with Crippen LogP contribution < -0.4 is 4.90 Å². The summed E-state index contributed by atoms with van der Waals surface area (Å²) < 4.78 is 0. The van der Waals surface area contributed by atoms with E-state index in [1.807, 2.05) is 101 Å². The topological polar surface area (TPSA) is 87.5 Å². The van der Waals surface area contributed by atoms with E-state index < -0.39 is 0 Å². The standard InChI is InChI=1S/C16H23N3OS.C14H8Cl2N4/c1-12(2)19-14(17-16(3,4)5)21-11-18(15(19)20)13-9-7-6-8-10-13;15-11-7-3-1-5-9(11)13-17-19-14(20-18-13)10-6-2-4-8-12(10)16/h6-10,12H,11H2,1-5H3;1-8H. The Balaban J connectivity index is 0.000000189. The SMILES string of the molecule is CC(C)N1C(=O)N(c2ccccc2)CSC1=NC(C)(C)C.Clc1ccccc1-c1nnc(-c2ccccc2Cl)nn1. The van der Waals surface area contributed by atoms with Crippen molar-refractivity contribution in [3.8, 4) is 22.8 Å².